The highest BCUT2D eigenvalue weighted by Gasteiger charge is 2.01. The number of hydrogen-bond acceptors (Lipinski definition) is 4. The molecule has 0 aliphatic carbocycles. The zero-order valence-corrected chi connectivity index (χ0v) is 17.5. The first-order valence-electron chi connectivity index (χ1n) is 11.1. The van der Waals surface area contributed by atoms with Gasteiger partial charge in [0.05, 0.1) is 12.7 Å². The molecule has 0 aliphatic heterocycles. The van der Waals surface area contributed by atoms with E-state index < -0.39 is 5.97 Å². The molecule has 0 saturated carbocycles. The fourth-order valence-corrected chi connectivity index (χ4v) is 3.08. The van der Waals surface area contributed by atoms with Gasteiger partial charge in [0.2, 0.25) is 0 Å². The third-order valence-electron chi connectivity index (χ3n) is 4.77. The molecule has 5 nitrogen and oxygen atoms in total. The Morgan fingerprint density at radius 3 is 1.73 bits per heavy atom. The zero-order chi connectivity index (χ0) is 19.3. The van der Waals surface area contributed by atoms with Gasteiger partial charge < -0.3 is 15.7 Å². The third kappa shape index (κ3) is 21.4. The number of unbranched alkanes of at least 4 members (excludes halogenated alkanes) is 12. The Bertz CT molecular complexity index is 301. The number of carboxylic acids is 1. The summed E-state index contributed by atoms with van der Waals surface area (Å²) in [5.41, 5.74) is 0. The van der Waals surface area contributed by atoms with Gasteiger partial charge >= 0.3 is 5.97 Å². The first kappa shape index (κ1) is 25.4. The van der Waals surface area contributed by atoms with Crippen LogP contribution in [0.1, 0.15) is 97.3 Å². The van der Waals surface area contributed by atoms with Crippen molar-refractivity contribution in [3.63, 3.8) is 0 Å². The third-order valence-corrected chi connectivity index (χ3v) is 4.77. The van der Waals surface area contributed by atoms with Crippen molar-refractivity contribution in [1.29, 1.82) is 0 Å². The van der Waals surface area contributed by atoms with Gasteiger partial charge in [0.25, 0.3) is 0 Å². The number of nitrogens with one attached hydrogen (secondary N) is 3. The summed E-state index contributed by atoms with van der Waals surface area (Å²) >= 11 is 0. The van der Waals surface area contributed by atoms with Gasteiger partial charge in [-0.1, -0.05) is 84.0 Å². The van der Waals surface area contributed by atoms with Gasteiger partial charge in [-0.05, 0) is 19.9 Å². The molecule has 0 spiro atoms. The first-order valence-corrected chi connectivity index (χ1v) is 11.1. The molecule has 0 heterocycles. The molecule has 0 bridgehead atoms. The second-order valence-corrected chi connectivity index (χ2v) is 7.44. The standard InChI is InChI=1S/C21H45N3O2/c1-3-4-5-6-7-8-9-10-11-12-13-14-15-16-22-17-18-23-20(2)24-19-21(25)26/h20,22-24H,3-19H2,1-2H3,(H,25,26). The van der Waals surface area contributed by atoms with Crippen LogP contribution in [0, 0.1) is 0 Å². The molecule has 0 aromatic carbocycles. The summed E-state index contributed by atoms with van der Waals surface area (Å²) in [4.78, 5) is 10.4. The van der Waals surface area contributed by atoms with Crippen LogP contribution in [-0.4, -0.2) is 43.4 Å². The highest BCUT2D eigenvalue weighted by atomic mass is 16.4. The minimum absolute atomic E-state index is 0.000550. The number of hydrogen-bond donors (Lipinski definition) is 4. The quantitative estimate of drug-likeness (QED) is 0.179. The van der Waals surface area contributed by atoms with Crippen molar-refractivity contribution in [1.82, 2.24) is 16.0 Å². The molecule has 156 valence electrons. The molecule has 4 N–H and O–H groups in total. The van der Waals surface area contributed by atoms with Gasteiger partial charge in [-0.25, -0.2) is 0 Å². The van der Waals surface area contributed by atoms with E-state index in [1.165, 1.54) is 83.5 Å². The van der Waals surface area contributed by atoms with Gasteiger partial charge in [0.15, 0.2) is 0 Å². The maximum absolute atomic E-state index is 10.4. The van der Waals surface area contributed by atoms with E-state index in [9.17, 15) is 4.79 Å². The smallest absolute Gasteiger partial charge is 0.317 e. The number of aliphatic carboxylic acids is 1. The summed E-state index contributed by atoms with van der Waals surface area (Å²) in [6.07, 6.45) is 18.1. The second-order valence-electron chi connectivity index (χ2n) is 7.44. The van der Waals surface area contributed by atoms with Crippen LogP contribution in [0.2, 0.25) is 0 Å². The Balaban J connectivity index is 3.08. The average molecular weight is 372 g/mol. The average Bonchev–Trinajstić information content (AvgIpc) is 2.62. The van der Waals surface area contributed by atoms with E-state index in [0.29, 0.717) is 0 Å². The lowest BCUT2D eigenvalue weighted by molar-refractivity contribution is -0.136. The van der Waals surface area contributed by atoms with Crippen molar-refractivity contribution in [3.05, 3.63) is 0 Å². The van der Waals surface area contributed by atoms with Crippen molar-refractivity contribution in [2.75, 3.05) is 26.2 Å². The van der Waals surface area contributed by atoms with Crippen LogP contribution in [0.4, 0.5) is 0 Å². The molecule has 1 atom stereocenters. The number of carbonyl (C=O) groups is 1. The van der Waals surface area contributed by atoms with E-state index in [2.05, 4.69) is 22.9 Å². The molecule has 5 heteroatoms. The highest BCUT2D eigenvalue weighted by Crippen LogP contribution is 2.12. The van der Waals surface area contributed by atoms with E-state index in [1.54, 1.807) is 0 Å². The molecule has 0 fully saturated rings. The van der Waals surface area contributed by atoms with E-state index in [-0.39, 0.29) is 12.7 Å². The molecule has 0 amide bonds. The van der Waals surface area contributed by atoms with E-state index >= 15 is 0 Å². The fraction of sp³-hybridized carbons (Fsp3) is 0.952. The van der Waals surface area contributed by atoms with Crippen LogP contribution >= 0.6 is 0 Å². The Kier molecular flexibility index (Phi) is 20.1. The predicted molar refractivity (Wildman–Crippen MR) is 112 cm³/mol. The predicted octanol–water partition coefficient (Wildman–Crippen LogP) is 4.28. The molecule has 0 saturated heterocycles. The Morgan fingerprint density at radius 2 is 1.23 bits per heavy atom. The van der Waals surface area contributed by atoms with Gasteiger partial charge in [0.1, 0.15) is 0 Å². The summed E-state index contributed by atoms with van der Waals surface area (Å²) < 4.78 is 0. The number of carboxylic acid groups (broad SMARTS) is 1. The van der Waals surface area contributed by atoms with E-state index in [1.807, 2.05) is 6.92 Å². The summed E-state index contributed by atoms with van der Waals surface area (Å²) in [7, 11) is 0. The molecular weight excluding hydrogens is 326 g/mol. The summed E-state index contributed by atoms with van der Waals surface area (Å²) in [6, 6.07) is 0. The van der Waals surface area contributed by atoms with Crippen LogP contribution in [0.15, 0.2) is 0 Å². The van der Waals surface area contributed by atoms with Gasteiger partial charge in [-0.3, -0.25) is 10.1 Å². The molecule has 0 rings (SSSR count). The lowest BCUT2D eigenvalue weighted by Crippen LogP contribution is -2.44. The van der Waals surface area contributed by atoms with Crippen molar-refractivity contribution < 1.29 is 9.90 Å². The molecule has 0 aliphatic rings. The fourth-order valence-electron chi connectivity index (χ4n) is 3.08. The Hall–Kier alpha value is -0.650. The topological polar surface area (TPSA) is 73.4 Å². The SMILES string of the molecule is CCCCCCCCCCCCCCCNCCNC(C)NCC(=O)O. The molecule has 26 heavy (non-hydrogen) atoms. The van der Waals surface area contributed by atoms with Crippen molar-refractivity contribution in [2.24, 2.45) is 0 Å². The molecular formula is C21H45N3O2. The maximum Gasteiger partial charge on any atom is 0.317 e. The van der Waals surface area contributed by atoms with Crippen LogP contribution in [0.5, 0.6) is 0 Å². The monoisotopic (exact) mass is 371 g/mol. The van der Waals surface area contributed by atoms with Gasteiger partial charge in [0, 0.05) is 13.1 Å². The highest BCUT2D eigenvalue weighted by molar-refractivity contribution is 5.69. The van der Waals surface area contributed by atoms with Crippen LogP contribution in [-0.2, 0) is 4.79 Å². The minimum atomic E-state index is -0.820. The van der Waals surface area contributed by atoms with Crippen LogP contribution in [0.25, 0.3) is 0 Å². The van der Waals surface area contributed by atoms with E-state index in [4.69, 9.17) is 5.11 Å². The van der Waals surface area contributed by atoms with Crippen molar-refractivity contribution in [3.8, 4) is 0 Å². The zero-order valence-electron chi connectivity index (χ0n) is 17.5. The van der Waals surface area contributed by atoms with Gasteiger partial charge in [-0.2, -0.15) is 0 Å². The largest absolute Gasteiger partial charge is 0.480 e. The second kappa shape index (κ2) is 20.7. The minimum Gasteiger partial charge on any atom is -0.480 e. The Morgan fingerprint density at radius 1 is 0.731 bits per heavy atom. The molecule has 1 unspecified atom stereocenters. The van der Waals surface area contributed by atoms with Gasteiger partial charge in [-0.15, -0.1) is 0 Å². The lowest BCUT2D eigenvalue weighted by Gasteiger charge is -2.14. The molecule has 0 aromatic heterocycles. The summed E-state index contributed by atoms with van der Waals surface area (Å²) in [5.74, 6) is -0.820. The van der Waals surface area contributed by atoms with Crippen molar-refractivity contribution in [2.45, 2.75) is 103 Å². The Labute approximate surface area is 162 Å². The number of rotatable bonds is 21. The van der Waals surface area contributed by atoms with Crippen LogP contribution < -0.4 is 16.0 Å². The van der Waals surface area contributed by atoms with E-state index in [0.717, 1.165) is 19.6 Å². The van der Waals surface area contributed by atoms with Crippen LogP contribution in [0.3, 0.4) is 0 Å². The molecule has 0 aromatic rings. The summed E-state index contributed by atoms with van der Waals surface area (Å²) in [5, 5.41) is 18.2. The molecule has 0 radical (unpaired) electrons. The van der Waals surface area contributed by atoms with Crippen molar-refractivity contribution >= 4 is 5.97 Å². The lowest BCUT2D eigenvalue weighted by atomic mass is 10.0. The summed E-state index contributed by atoms with van der Waals surface area (Å²) in [6.45, 7) is 7.08. The maximum atomic E-state index is 10.4. The normalized spacial score (nSPS) is 12.4. The first-order chi connectivity index (χ1) is 12.7.